The van der Waals surface area contributed by atoms with Gasteiger partial charge in [-0.2, -0.15) is 0 Å². The molecule has 0 radical (unpaired) electrons. The Hall–Kier alpha value is -1.75. The summed E-state index contributed by atoms with van der Waals surface area (Å²) in [6.07, 6.45) is 0. The van der Waals surface area contributed by atoms with Gasteiger partial charge in [0.1, 0.15) is 0 Å². The number of benzene rings is 2. The van der Waals surface area contributed by atoms with Crippen molar-refractivity contribution in [2.24, 2.45) is 0 Å². The Morgan fingerprint density at radius 1 is 1.20 bits per heavy atom. The lowest BCUT2D eigenvalue weighted by molar-refractivity contribution is 0.432. The zero-order chi connectivity index (χ0) is 14.7. The molecule has 2 rings (SSSR count). The fourth-order valence-electron chi connectivity index (χ4n) is 1.90. The minimum atomic E-state index is -0.605. The predicted molar refractivity (Wildman–Crippen MR) is 83.9 cm³/mol. The average Bonchev–Trinajstić information content (AvgIpc) is 2.40. The molecule has 2 aromatic carbocycles. The minimum Gasteiger partial charge on any atom is -0.505 e. The lowest BCUT2D eigenvalue weighted by atomic mass is 10.2. The van der Waals surface area contributed by atoms with Gasteiger partial charge in [0.15, 0.2) is 11.6 Å². The van der Waals surface area contributed by atoms with E-state index in [2.05, 4.69) is 21.2 Å². The van der Waals surface area contributed by atoms with Crippen LogP contribution in [0.5, 0.6) is 5.75 Å². The van der Waals surface area contributed by atoms with Crippen LogP contribution in [-0.2, 0) is 6.54 Å². The van der Waals surface area contributed by atoms with E-state index in [1.54, 1.807) is 6.07 Å². The third-order valence-corrected chi connectivity index (χ3v) is 3.43. The molecule has 0 amide bonds. The summed E-state index contributed by atoms with van der Waals surface area (Å²) in [5.41, 5.74) is 2.77. The second-order valence-electron chi connectivity index (χ2n) is 4.70. The molecular weight excluding hydrogens is 323 g/mol. The van der Waals surface area contributed by atoms with Gasteiger partial charge in [-0.3, -0.25) is 0 Å². The van der Waals surface area contributed by atoms with Gasteiger partial charge in [-0.25, -0.2) is 4.39 Å². The van der Waals surface area contributed by atoms with E-state index in [-0.39, 0.29) is 5.75 Å². The first-order valence-electron chi connectivity index (χ1n) is 6.15. The Kier molecular flexibility index (Phi) is 4.49. The van der Waals surface area contributed by atoms with Crippen molar-refractivity contribution < 1.29 is 9.50 Å². The largest absolute Gasteiger partial charge is 0.505 e. The van der Waals surface area contributed by atoms with Crippen molar-refractivity contribution in [3.63, 3.8) is 0 Å². The Labute approximate surface area is 126 Å². The third kappa shape index (κ3) is 3.42. The van der Waals surface area contributed by atoms with Crippen LogP contribution in [0.15, 0.2) is 40.9 Å². The smallest absolute Gasteiger partial charge is 0.165 e. The lowest BCUT2D eigenvalue weighted by Gasteiger charge is -2.19. The number of aromatic hydroxyl groups is 1. The highest BCUT2D eigenvalue weighted by molar-refractivity contribution is 9.10. The Morgan fingerprint density at radius 2 is 1.95 bits per heavy atom. The molecule has 0 aliphatic rings. The first-order valence-corrected chi connectivity index (χ1v) is 6.95. The standard InChI is InChI=1S/C15H16BrFN2O/c1-19(2)14-5-4-11(16)8-13(14)18-9-10-3-6-15(20)12(17)7-10/h3-8,18,20H,9H2,1-2H3. The van der Waals surface area contributed by atoms with E-state index in [0.717, 1.165) is 21.4 Å². The molecule has 0 spiro atoms. The van der Waals surface area contributed by atoms with Crippen LogP contribution in [0.2, 0.25) is 0 Å². The number of nitrogens with zero attached hydrogens (tertiary/aromatic N) is 1. The van der Waals surface area contributed by atoms with Crippen LogP contribution in [-0.4, -0.2) is 19.2 Å². The summed E-state index contributed by atoms with van der Waals surface area (Å²) in [5.74, 6) is -0.934. The highest BCUT2D eigenvalue weighted by Crippen LogP contribution is 2.28. The molecule has 3 nitrogen and oxygen atoms in total. The molecule has 0 bridgehead atoms. The maximum absolute atomic E-state index is 13.3. The highest BCUT2D eigenvalue weighted by Gasteiger charge is 2.06. The van der Waals surface area contributed by atoms with E-state index in [1.807, 2.05) is 37.2 Å². The number of phenolic OH excluding ortho intramolecular Hbond substituents is 1. The van der Waals surface area contributed by atoms with Gasteiger partial charge in [-0.05, 0) is 35.9 Å². The summed E-state index contributed by atoms with van der Waals surface area (Å²) < 4.78 is 14.3. The molecule has 5 heteroatoms. The van der Waals surface area contributed by atoms with Gasteiger partial charge >= 0.3 is 0 Å². The van der Waals surface area contributed by atoms with Gasteiger partial charge in [0, 0.05) is 25.1 Å². The fraction of sp³-hybridized carbons (Fsp3) is 0.200. The van der Waals surface area contributed by atoms with E-state index in [1.165, 1.54) is 12.1 Å². The molecule has 0 saturated heterocycles. The molecule has 2 N–H and O–H groups in total. The number of rotatable bonds is 4. The number of hydrogen-bond acceptors (Lipinski definition) is 3. The van der Waals surface area contributed by atoms with E-state index in [0.29, 0.717) is 6.54 Å². The monoisotopic (exact) mass is 338 g/mol. The van der Waals surface area contributed by atoms with E-state index >= 15 is 0 Å². The number of hydrogen-bond donors (Lipinski definition) is 2. The molecule has 0 fully saturated rings. The number of phenols is 1. The van der Waals surface area contributed by atoms with Gasteiger partial charge in [0.05, 0.1) is 11.4 Å². The molecule has 2 aromatic rings. The quantitative estimate of drug-likeness (QED) is 0.885. The molecular formula is C15H16BrFN2O. The second kappa shape index (κ2) is 6.13. The van der Waals surface area contributed by atoms with Crippen molar-refractivity contribution in [3.05, 3.63) is 52.3 Å². The molecule has 0 unspecified atom stereocenters. The molecule has 0 saturated carbocycles. The van der Waals surface area contributed by atoms with E-state index in [4.69, 9.17) is 0 Å². The van der Waals surface area contributed by atoms with Crippen LogP contribution in [0.3, 0.4) is 0 Å². The Bertz CT molecular complexity index is 617. The van der Waals surface area contributed by atoms with E-state index in [9.17, 15) is 9.50 Å². The first-order chi connectivity index (χ1) is 9.47. The molecule has 0 heterocycles. The van der Waals surface area contributed by atoms with Crippen LogP contribution < -0.4 is 10.2 Å². The zero-order valence-electron chi connectivity index (χ0n) is 11.3. The lowest BCUT2D eigenvalue weighted by Crippen LogP contribution is -2.12. The SMILES string of the molecule is CN(C)c1ccc(Br)cc1NCc1ccc(O)c(F)c1. The van der Waals surface area contributed by atoms with Gasteiger partial charge in [0.25, 0.3) is 0 Å². The minimum absolute atomic E-state index is 0.329. The van der Waals surface area contributed by atoms with Crippen molar-refractivity contribution in [1.29, 1.82) is 0 Å². The van der Waals surface area contributed by atoms with E-state index < -0.39 is 5.82 Å². The van der Waals surface area contributed by atoms with Crippen LogP contribution in [0.1, 0.15) is 5.56 Å². The summed E-state index contributed by atoms with van der Waals surface area (Å²) in [7, 11) is 3.93. The maximum atomic E-state index is 13.3. The van der Waals surface area contributed by atoms with Gasteiger partial charge in [-0.1, -0.05) is 22.0 Å². The summed E-state index contributed by atoms with van der Waals surface area (Å²) in [4.78, 5) is 2.01. The molecule has 0 atom stereocenters. The normalized spacial score (nSPS) is 10.4. The van der Waals surface area contributed by atoms with Crippen LogP contribution in [0.25, 0.3) is 0 Å². The topological polar surface area (TPSA) is 35.5 Å². The number of nitrogens with one attached hydrogen (secondary N) is 1. The number of anilines is 2. The van der Waals surface area contributed by atoms with Crippen LogP contribution >= 0.6 is 15.9 Å². The van der Waals surface area contributed by atoms with Gasteiger partial charge in [-0.15, -0.1) is 0 Å². The maximum Gasteiger partial charge on any atom is 0.165 e. The first kappa shape index (κ1) is 14.7. The Morgan fingerprint density at radius 3 is 2.60 bits per heavy atom. The molecule has 0 aliphatic carbocycles. The van der Waals surface area contributed by atoms with Crippen molar-refractivity contribution in [3.8, 4) is 5.75 Å². The van der Waals surface area contributed by atoms with Crippen molar-refractivity contribution in [2.75, 3.05) is 24.3 Å². The van der Waals surface area contributed by atoms with Gasteiger partial charge < -0.3 is 15.3 Å². The third-order valence-electron chi connectivity index (χ3n) is 2.94. The summed E-state index contributed by atoms with van der Waals surface area (Å²) in [6, 6.07) is 10.3. The van der Waals surface area contributed by atoms with Crippen LogP contribution in [0.4, 0.5) is 15.8 Å². The molecule has 20 heavy (non-hydrogen) atoms. The molecule has 106 valence electrons. The van der Waals surface area contributed by atoms with Crippen molar-refractivity contribution in [1.82, 2.24) is 0 Å². The zero-order valence-corrected chi connectivity index (χ0v) is 12.9. The molecule has 0 aliphatic heterocycles. The predicted octanol–water partition coefficient (Wildman–Crippen LogP) is 3.97. The fourth-order valence-corrected chi connectivity index (χ4v) is 2.26. The molecule has 0 aromatic heterocycles. The second-order valence-corrected chi connectivity index (χ2v) is 5.61. The van der Waals surface area contributed by atoms with Gasteiger partial charge in [0.2, 0.25) is 0 Å². The average molecular weight is 339 g/mol. The summed E-state index contributed by atoms with van der Waals surface area (Å²) >= 11 is 3.44. The number of halogens is 2. The van der Waals surface area contributed by atoms with Crippen LogP contribution in [0, 0.1) is 5.82 Å². The summed E-state index contributed by atoms with van der Waals surface area (Å²) in [6.45, 7) is 0.481. The Balaban J connectivity index is 2.17. The summed E-state index contributed by atoms with van der Waals surface area (Å²) in [5, 5.41) is 12.5. The highest BCUT2D eigenvalue weighted by atomic mass is 79.9. The van der Waals surface area contributed by atoms with Crippen molar-refractivity contribution in [2.45, 2.75) is 6.54 Å². The van der Waals surface area contributed by atoms with Crippen molar-refractivity contribution >= 4 is 27.3 Å².